The van der Waals surface area contributed by atoms with Crippen LogP contribution < -0.4 is 15.2 Å². The van der Waals surface area contributed by atoms with Crippen LogP contribution in [0.1, 0.15) is 0 Å². The van der Waals surface area contributed by atoms with Crippen LogP contribution in [0.25, 0.3) is 44.2 Å². The molecule has 0 N–H and O–H groups in total. The molecule has 284 valence electrons. The van der Waals surface area contributed by atoms with E-state index >= 15 is 0 Å². The summed E-state index contributed by atoms with van der Waals surface area (Å²) in [6, 6.07) is 56.9. The van der Waals surface area contributed by atoms with Crippen LogP contribution in [0.2, 0.25) is 0 Å². The number of sulfone groups is 1. The van der Waals surface area contributed by atoms with E-state index in [0.29, 0.717) is 43.1 Å². The van der Waals surface area contributed by atoms with Crippen molar-refractivity contribution in [1.82, 2.24) is 0 Å². The van der Waals surface area contributed by atoms with Gasteiger partial charge in [0.05, 0.1) is 53.1 Å². The summed E-state index contributed by atoms with van der Waals surface area (Å²) in [6.45, 7) is 0. The van der Waals surface area contributed by atoms with Gasteiger partial charge in [0.15, 0.2) is 0 Å². The molecule has 11 rings (SSSR count). The zero-order valence-corrected chi connectivity index (χ0v) is 32.9. The molecule has 8 aromatic carbocycles. The van der Waals surface area contributed by atoms with E-state index in [4.69, 9.17) is 4.42 Å². The lowest BCUT2D eigenvalue weighted by Crippen LogP contribution is -2.21. The van der Waals surface area contributed by atoms with E-state index in [1.807, 2.05) is 163 Å². The number of para-hydroxylation sites is 4. The fraction of sp³-hybridized carbons (Fsp3) is 0. The van der Waals surface area contributed by atoms with Gasteiger partial charge in [-0.05, 0) is 125 Å². The summed E-state index contributed by atoms with van der Waals surface area (Å²) >= 11 is 0. The maximum Gasteiger partial charge on any atom is 0.210 e. The van der Waals surface area contributed by atoms with E-state index in [0.717, 1.165) is 45.0 Å². The quantitative estimate of drug-likeness (QED) is 0.129. The van der Waals surface area contributed by atoms with Crippen molar-refractivity contribution in [3.8, 4) is 22.3 Å². The van der Waals surface area contributed by atoms with Gasteiger partial charge in [0, 0.05) is 20.9 Å². The maximum absolute atomic E-state index is 13.9. The van der Waals surface area contributed by atoms with Crippen LogP contribution in [0.5, 0.6) is 0 Å². The summed E-state index contributed by atoms with van der Waals surface area (Å²) < 4.78 is 47.4. The Morgan fingerprint density at radius 1 is 0.407 bits per heavy atom. The molecule has 0 fully saturated rings. The van der Waals surface area contributed by atoms with Gasteiger partial charge in [-0.25, -0.2) is 8.42 Å². The molecule has 3 heterocycles. The number of hydrogen-bond donors (Lipinski definition) is 0. The van der Waals surface area contributed by atoms with Gasteiger partial charge in [0.1, 0.15) is 11.2 Å². The predicted octanol–water partition coefficient (Wildman–Crippen LogP) is 11.8. The molecule has 0 unspecified atom stereocenters. The molecular weight excluding hydrogens is 773 g/mol. The highest BCUT2D eigenvalue weighted by atomic mass is 32.2. The van der Waals surface area contributed by atoms with Crippen LogP contribution in [-0.2, 0) is 19.4 Å². The van der Waals surface area contributed by atoms with Crippen molar-refractivity contribution in [3.63, 3.8) is 0 Å². The van der Waals surface area contributed by atoms with Crippen molar-refractivity contribution < 1.29 is 17.0 Å². The Hall–Kier alpha value is -7.20. The number of rotatable bonds is 4. The second-order valence-corrected chi connectivity index (χ2v) is 18.8. The Morgan fingerprint density at radius 3 is 1.15 bits per heavy atom. The van der Waals surface area contributed by atoms with Gasteiger partial charge in [-0.1, -0.05) is 84.9 Å². The first-order valence-electron chi connectivity index (χ1n) is 19.0. The van der Waals surface area contributed by atoms with E-state index in [9.17, 15) is 17.4 Å². The summed E-state index contributed by atoms with van der Waals surface area (Å²) in [5, 5.41) is 0.989. The third-order valence-electron chi connectivity index (χ3n) is 11.3. The van der Waals surface area contributed by atoms with Crippen molar-refractivity contribution in [2.75, 3.05) is 9.80 Å². The van der Waals surface area contributed by atoms with Gasteiger partial charge < -0.3 is 14.2 Å². The van der Waals surface area contributed by atoms with Gasteiger partial charge >= 0.3 is 0 Å². The minimum atomic E-state index is -3.67. The summed E-state index contributed by atoms with van der Waals surface area (Å²) in [6.07, 6.45) is 0. The molecular formula is C50H32N2O5S2. The Labute approximate surface area is 340 Å². The monoisotopic (exact) mass is 804 g/mol. The lowest BCUT2D eigenvalue weighted by atomic mass is 10.0. The smallest absolute Gasteiger partial charge is 0.210 e. The first-order valence-corrected chi connectivity index (χ1v) is 22.2. The van der Waals surface area contributed by atoms with Crippen molar-refractivity contribution in [1.29, 1.82) is 0 Å². The van der Waals surface area contributed by atoms with Gasteiger partial charge in [-0.3, -0.25) is 9.00 Å². The maximum atomic E-state index is 13.9. The third kappa shape index (κ3) is 5.32. The van der Waals surface area contributed by atoms with E-state index in [2.05, 4.69) is 10.8 Å². The van der Waals surface area contributed by atoms with Crippen LogP contribution in [0.3, 0.4) is 0 Å². The zero-order valence-electron chi connectivity index (χ0n) is 31.3. The highest BCUT2D eigenvalue weighted by Gasteiger charge is 2.34. The van der Waals surface area contributed by atoms with E-state index in [1.54, 1.807) is 24.3 Å². The molecule has 0 saturated heterocycles. The highest BCUT2D eigenvalue weighted by Crippen LogP contribution is 2.49. The average molecular weight is 805 g/mol. The normalized spacial score (nSPS) is 14.6. The van der Waals surface area contributed by atoms with Crippen molar-refractivity contribution in [3.05, 3.63) is 192 Å². The van der Waals surface area contributed by atoms with E-state index in [-0.39, 0.29) is 15.2 Å². The lowest BCUT2D eigenvalue weighted by Gasteiger charge is -2.35. The Balaban J connectivity index is 0.930. The standard InChI is InChI=1S/C50H32N2O5S2/c1-58(54)46-14-6-2-10-40(46)51(41-11-3-7-15-47(41)58)36-24-18-32(19-25-36)34-22-28-38-44(30-34)57-45-31-35(23-29-39(45)50(38)53)33-20-26-37(27-21-33)52-42-12-4-8-16-48(42)59(55,56)49-17-9-5-13-43(49)52/h2-31H,1H2. The number of fused-ring (bicyclic) bond motifs is 6. The first-order chi connectivity index (χ1) is 28.7. The van der Waals surface area contributed by atoms with Crippen LogP contribution in [-0.4, -0.2) is 18.5 Å². The van der Waals surface area contributed by atoms with Crippen LogP contribution >= 0.6 is 0 Å². The second kappa shape index (κ2) is 12.9. The largest absolute Gasteiger partial charge is 0.456 e. The minimum absolute atomic E-state index is 0.105. The van der Waals surface area contributed by atoms with Gasteiger partial charge in [-0.2, -0.15) is 0 Å². The molecule has 0 amide bonds. The number of benzene rings is 8. The molecule has 0 aliphatic carbocycles. The average Bonchev–Trinajstić information content (AvgIpc) is 3.27. The molecule has 0 bridgehead atoms. The molecule has 2 aliphatic rings. The second-order valence-electron chi connectivity index (χ2n) is 14.7. The topological polar surface area (TPSA) is 87.9 Å². The molecule has 1 aromatic heterocycles. The molecule has 7 nitrogen and oxygen atoms in total. The molecule has 0 saturated carbocycles. The summed E-state index contributed by atoms with van der Waals surface area (Å²) in [7, 11) is -6.34. The fourth-order valence-electron chi connectivity index (χ4n) is 8.45. The number of anilines is 6. The number of hydrogen-bond acceptors (Lipinski definition) is 7. The number of nitrogens with zero attached hydrogens (tertiary/aromatic N) is 2. The Morgan fingerprint density at radius 2 is 0.746 bits per heavy atom. The van der Waals surface area contributed by atoms with Crippen molar-refractivity contribution in [2.24, 2.45) is 0 Å². The predicted molar refractivity (Wildman–Crippen MR) is 237 cm³/mol. The molecule has 9 heteroatoms. The fourth-order valence-corrected chi connectivity index (χ4v) is 11.9. The third-order valence-corrected chi connectivity index (χ3v) is 15.3. The van der Waals surface area contributed by atoms with Crippen LogP contribution in [0.4, 0.5) is 34.1 Å². The summed E-state index contributed by atoms with van der Waals surface area (Å²) in [5.74, 6) is 4.15. The van der Waals surface area contributed by atoms with Crippen molar-refractivity contribution in [2.45, 2.75) is 19.6 Å². The molecule has 59 heavy (non-hydrogen) atoms. The summed E-state index contributed by atoms with van der Waals surface area (Å²) in [5.41, 5.74) is 9.08. The lowest BCUT2D eigenvalue weighted by molar-refractivity contribution is 0.595. The molecule has 0 radical (unpaired) electrons. The van der Waals surface area contributed by atoms with E-state index < -0.39 is 19.4 Å². The molecule has 0 spiro atoms. The molecule has 9 aromatic rings. The van der Waals surface area contributed by atoms with Gasteiger partial charge in [-0.15, -0.1) is 0 Å². The van der Waals surface area contributed by atoms with Gasteiger partial charge in [0.2, 0.25) is 15.3 Å². The Kier molecular flexibility index (Phi) is 7.66. The molecule has 0 atom stereocenters. The Bertz CT molecular complexity index is 3170. The van der Waals surface area contributed by atoms with Crippen molar-refractivity contribution >= 4 is 81.3 Å². The van der Waals surface area contributed by atoms with E-state index in [1.165, 1.54) is 0 Å². The minimum Gasteiger partial charge on any atom is -0.456 e. The highest BCUT2D eigenvalue weighted by molar-refractivity contribution is 8.00. The van der Waals surface area contributed by atoms with Crippen LogP contribution in [0.15, 0.2) is 211 Å². The van der Waals surface area contributed by atoms with Crippen LogP contribution in [0, 0.1) is 0 Å². The van der Waals surface area contributed by atoms with Gasteiger partial charge in [0.25, 0.3) is 0 Å². The first kappa shape index (κ1) is 35.0. The molecule has 2 aliphatic heterocycles. The SMILES string of the molecule is C=S1(=O)c2ccccc2N(c2ccc(-c3ccc4c(=O)c5ccc(-c6ccc(N7c8ccccc8S(=O)(=O)c8ccccc87)cc6)cc5oc4c3)cc2)c2ccccc21. The zero-order chi connectivity index (χ0) is 40.0. The summed E-state index contributed by atoms with van der Waals surface area (Å²) in [4.78, 5) is 19.8.